The first kappa shape index (κ1) is 24.5. The van der Waals surface area contributed by atoms with Gasteiger partial charge in [0.15, 0.2) is 11.5 Å². The Hall–Kier alpha value is -3.67. The molecule has 180 valence electrons. The van der Waals surface area contributed by atoms with Gasteiger partial charge in [0.2, 0.25) is 10.0 Å². The van der Waals surface area contributed by atoms with Crippen LogP contribution in [0.25, 0.3) is 5.76 Å². The minimum Gasteiger partial charge on any atom is -0.507 e. The number of hydrogen-bond donors (Lipinski definition) is 3. The largest absolute Gasteiger partial charge is 0.507 e. The van der Waals surface area contributed by atoms with Crippen molar-refractivity contribution in [3.05, 3.63) is 87.9 Å². The van der Waals surface area contributed by atoms with Gasteiger partial charge in [-0.05, 0) is 54.1 Å². The molecule has 0 unspecified atom stereocenters. The summed E-state index contributed by atoms with van der Waals surface area (Å²) in [5.41, 5.74) is 0.700. The van der Waals surface area contributed by atoms with Gasteiger partial charge in [0.25, 0.3) is 11.7 Å². The number of amides is 1. The third-order valence-electron chi connectivity index (χ3n) is 5.53. The highest BCUT2D eigenvalue weighted by Gasteiger charge is 2.47. The number of ketones is 1. The van der Waals surface area contributed by atoms with E-state index in [1.54, 1.807) is 24.3 Å². The SMILES string of the molecule is COc1cc([C@H]2C(=C(O)c3ccc(Br)cc3)C(=O)C(=O)N2c2ccc(S(N)(=O)=O)cc2)ccc1O. The summed E-state index contributed by atoms with van der Waals surface area (Å²) in [6.45, 7) is 0. The summed E-state index contributed by atoms with van der Waals surface area (Å²) in [5, 5.41) is 26.3. The van der Waals surface area contributed by atoms with Gasteiger partial charge in [0, 0.05) is 15.7 Å². The van der Waals surface area contributed by atoms with E-state index in [1.165, 1.54) is 49.6 Å². The molecule has 0 radical (unpaired) electrons. The normalized spacial score (nSPS) is 17.6. The summed E-state index contributed by atoms with van der Waals surface area (Å²) in [5.74, 6) is -2.31. The molecular weight excluding hydrogens is 540 g/mol. The predicted octanol–water partition coefficient (Wildman–Crippen LogP) is 3.44. The first-order valence-electron chi connectivity index (χ1n) is 10.1. The van der Waals surface area contributed by atoms with Gasteiger partial charge in [0.05, 0.1) is 23.6 Å². The first-order chi connectivity index (χ1) is 16.5. The second-order valence-electron chi connectivity index (χ2n) is 7.65. The first-order valence-corrected chi connectivity index (χ1v) is 12.4. The zero-order valence-corrected chi connectivity index (χ0v) is 20.6. The van der Waals surface area contributed by atoms with Gasteiger partial charge < -0.3 is 14.9 Å². The van der Waals surface area contributed by atoms with Gasteiger partial charge in [0.1, 0.15) is 5.76 Å². The van der Waals surface area contributed by atoms with Gasteiger partial charge in [-0.2, -0.15) is 0 Å². The third-order valence-corrected chi connectivity index (χ3v) is 6.98. The standard InChI is InChI=1S/C24H19BrN2O7S/c1-34-19-12-14(4-11-18(19)28)21-20(22(29)13-2-5-15(25)6-3-13)23(30)24(31)27(21)16-7-9-17(10-8-16)35(26,32)33/h2-12,21,28-29H,1H3,(H2,26,32,33)/t21-/m0/s1. The average Bonchev–Trinajstić information content (AvgIpc) is 3.09. The third kappa shape index (κ3) is 4.53. The molecular formula is C24H19BrN2O7S. The molecule has 35 heavy (non-hydrogen) atoms. The van der Waals surface area contributed by atoms with Crippen molar-refractivity contribution in [3.63, 3.8) is 0 Å². The van der Waals surface area contributed by atoms with E-state index < -0.39 is 33.5 Å². The van der Waals surface area contributed by atoms with Crippen molar-refractivity contribution in [3.8, 4) is 11.5 Å². The Labute approximate surface area is 209 Å². The van der Waals surface area contributed by atoms with Crippen LogP contribution < -0.4 is 14.8 Å². The number of halogens is 1. The van der Waals surface area contributed by atoms with E-state index in [0.29, 0.717) is 11.1 Å². The van der Waals surface area contributed by atoms with E-state index in [9.17, 15) is 28.2 Å². The molecule has 0 bridgehead atoms. The minimum absolute atomic E-state index is 0.0984. The number of nitrogens with zero attached hydrogens (tertiary/aromatic N) is 1. The van der Waals surface area contributed by atoms with Gasteiger partial charge in [-0.25, -0.2) is 13.6 Å². The number of aromatic hydroxyl groups is 1. The van der Waals surface area contributed by atoms with E-state index in [2.05, 4.69) is 15.9 Å². The van der Waals surface area contributed by atoms with Crippen LogP contribution in [0.4, 0.5) is 5.69 Å². The molecule has 1 atom stereocenters. The summed E-state index contributed by atoms with van der Waals surface area (Å²) in [6.07, 6.45) is 0. The molecule has 1 aliphatic heterocycles. The van der Waals surface area contributed by atoms with Crippen molar-refractivity contribution in [1.29, 1.82) is 0 Å². The Bertz CT molecular complexity index is 1470. The smallest absolute Gasteiger partial charge is 0.300 e. The average molecular weight is 559 g/mol. The van der Waals surface area contributed by atoms with Crippen molar-refractivity contribution in [2.24, 2.45) is 5.14 Å². The molecule has 1 amide bonds. The molecule has 4 N–H and O–H groups in total. The number of primary sulfonamides is 1. The summed E-state index contributed by atoms with van der Waals surface area (Å²) in [7, 11) is -2.63. The molecule has 11 heteroatoms. The molecule has 3 aromatic carbocycles. The van der Waals surface area contributed by atoms with Crippen LogP contribution in [-0.4, -0.2) is 37.4 Å². The number of nitrogens with two attached hydrogens (primary N) is 1. The second-order valence-corrected chi connectivity index (χ2v) is 10.1. The number of sulfonamides is 1. The molecule has 0 aliphatic carbocycles. The van der Waals surface area contributed by atoms with Crippen LogP contribution in [0.5, 0.6) is 11.5 Å². The number of hydrogen-bond acceptors (Lipinski definition) is 7. The number of anilines is 1. The Balaban J connectivity index is 1.95. The Kier molecular flexibility index (Phi) is 6.41. The van der Waals surface area contributed by atoms with Crippen molar-refractivity contribution in [2.75, 3.05) is 12.0 Å². The minimum atomic E-state index is -3.98. The summed E-state index contributed by atoms with van der Waals surface area (Å²) in [4.78, 5) is 27.4. The fourth-order valence-corrected chi connectivity index (χ4v) is 4.62. The van der Waals surface area contributed by atoms with Crippen molar-refractivity contribution < 1.29 is 33.0 Å². The topological polar surface area (TPSA) is 147 Å². The number of aliphatic hydroxyl groups excluding tert-OH is 1. The lowest BCUT2D eigenvalue weighted by molar-refractivity contribution is -0.132. The number of rotatable bonds is 5. The fraction of sp³-hybridized carbons (Fsp3) is 0.0833. The highest BCUT2D eigenvalue weighted by atomic mass is 79.9. The quantitative estimate of drug-likeness (QED) is 0.247. The monoisotopic (exact) mass is 558 g/mol. The van der Waals surface area contributed by atoms with Crippen LogP contribution in [0.15, 0.2) is 81.7 Å². The second kappa shape index (κ2) is 9.17. The summed E-state index contributed by atoms with van der Waals surface area (Å²) < 4.78 is 29.2. The van der Waals surface area contributed by atoms with Crippen LogP contribution in [0.2, 0.25) is 0 Å². The number of ether oxygens (including phenoxy) is 1. The Morgan fingerprint density at radius 1 is 1.03 bits per heavy atom. The van der Waals surface area contributed by atoms with Crippen LogP contribution in [-0.2, 0) is 19.6 Å². The van der Waals surface area contributed by atoms with Crippen LogP contribution in [0, 0.1) is 0 Å². The van der Waals surface area contributed by atoms with E-state index in [0.717, 1.165) is 9.37 Å². The summed E-state index contributed by atoms with van der Waals surface area (Å²) >= 11 is 3.31. The van der Waals surface area contributed by atoms with Crippen LogP contribution in [0.1, 0.15) is 17.2 Å². The lowest BCUT2D eigenvalue weighted by Gasteiger charge is -2.26. The molecule has 4 rings (SSSR count). The number of methoxy groups -OCH3 is 1. The van der Waals surface area contributed by atoms with Crippen molar-refractivity contribution >= 4 is 49.1 Å². The number of phenolic OH excluding ortho intramolecular Hbond substituents is 1. The summed E-state index contributed by atoms with van der Waals surface area (Å²) in [6, 6.07) is 14.8. The predicted molar refractivity (Wildman–Crippen MR) is 131 cm³/mol. The van der Waals surface area contributed by atoms with Gasteiger partial charge >= 0.3 is 0 Å². The van der Waals surface area contributed by atoms with Gasteiger partial charge in [-0.3, -0.25) is 14.5 Å². The number of phenols is 1. The molecule has 1 saturated heterocycles. The lowest BCUT2D eigenvalue weighted by atomic mass is 9.95. The van der Waals surface area contributed by atoms with E-state index in [1.807, 2.05) is 0 Å². The number of carbonyl (C=O) groups excluding carboxylic acids is 2. The number of carbonyl (C=O) groups is 2. The van der Waals surface area contributed by atoms with Crippen molar-refractivity contribution in [1.82, 2.24) is 0 Å². The van der Waals surface area contributed by atoms with Crippen LogP contribution >= 0.6 is 15.9 Å². The molecule has 1 fully saturated rings. The Morgan fingerprint density at radius 3 is 2.23 bits per heavy atom. The number of benzene rings is 3. The van der Waals surface area contributed by atoms with Gasteiger partial charge in [-0.1, -0.05) is 34.1 Å². The molecule has 0 spiro atoms. The maximum atomic E-state index is 13.2. The molecule has 9 nitrogen and oxygen atoms in total. The number of Topliss-reactive ketones (excluding diaryl/α,β-unsaturated/α-hetero) is 1. The maximum absolute atomic E-state index is 13.2. The zero-order valence-electron chi connectivity index (χ0n) is 18.2. The van der Waals surface area contributed by atoms with E-state index in [-0.39, 0.29) is 27.7 Å². The number of aliphatic hydroxyl groups is 1. The molecule has 0 saturated carbocycles. The van der Waals surface area contributed by atoms with Crippen molar-refractivity contribution in [2.45, 2.75) is 10.9 Å². The fourth-order valence-electron chi connectivity index (χ4n) is 3.84. The molecule has 3 aromatic rings. The van der Waals surface area contributed by atoms with Gasteiger partial charge in [-0.15, -0.1) is 0 Å². The van der Waals surface area contributed by atoms with E-state index in [4.69, 9.17) is 9.88 Å². The maximum Gasteiger partial charge on any atom is 0.300 e. The molecule has 1 aliphatic rings. The van der Waals surface area contributed by atoms with E-state index >= 15 is 0 Å². The Morgan fingerprint density at radius 2 is 1.66 bits per heavy atom. The highest BCUT2D eigenvalue weighted by molar-refractivity contribution is 9.10. The van der Waals surface area contributed by atoms with Crippen LogP contribution in [0.3, 0.4) is 0 Å². The highest BCUT2D eigenvalue weighted by Crippen LogP contribution is 2.44. The zero-order chi connectivity index (χ0) is 25.5. The lowest BCUT2D eigenvalue weighted by Crippen LogP contribution is -2.29. The molecule has 0 aromatic heterocycles. The molecule has 1 heterocycles.